The Bertz CT molecular complexity index is 1090. The van der Waals surface area contributed by atoms with E-state index in [0.29, 0.717) is 12.2 Å². The highest BCUT2D eigenvalue weighted by Gasteiger charge is 2.30. The van der Waals surface area contributed by atoms with Gasteiger partial charge in [0.05, 0.1) is 11.9 Å². The molecule has 7 nitrogen and oxygen atoms in total. The summed E-state index contributed by atoms with van der Waals surface area (Å²) < 4.78 is 27.2. The van der Waals surface area contributed by atoms with Gasteiger partial charge >= 0.3 is 0 Å². The van der Waals surface area contributed by atoms with Crippen LogP contribution >= 0.6 is 15.9 Å². The van der Waals surface area contributed by atoms with Crippen LogP contribution in [0, 0.1) is 13.8 Å². The number of rotatable bonds is 10. The summed E-state index contributed by atoms with van der Waals surface area (Å²) in [5.41, 5.74) is 3.20. The lowest BCUT2D eigenvalue weighted by Crippen LogP contribution is -2.51. The maximum atomic E-state index is 13.4. The third kappa shape index (κ3) is 7.57. The molecular formula is C24H32BrN3O4S. The summed E-state index contributed by atoms with van der Waals surface area (Å²) in [5, 5.41) is 2.82. The van der Waals surface area contributed by atoms with Gasteiger partial charge in [0.2, 0.25) is 21.8 Å². The summed E-state index contributed by atoms with van der Waals surface area (Å²) in [5.74, 6) is -0.736. The van der Waals surface area contributed by atoms with Gasteiger partial charge in [0.1, 0.15) is 12.6 Å². The predicted molar refractivity (Wildman–Crippen MR) is 136 cm³/mol. The van der Waals surface area contributed by atoms with Crippen molar-refractivity contribution in [2.24, 2.45) is 0 Å². The van der Waals surface area contributed by atoms with Gasteiger partial charge in [0, 0.05) is 17.6 Å². The Balaban J connectivity index is 2.38. The van der Waals surface area contributed by atoms with E-state index in [0.717, 1.165) is 38.1 Å². The van der Waals surface area contributed by atoms with Crippen LogP contribution in [0.5, 0.6) is 0 Å². The van der Waals surface area contributed by atoms with Gasteiger partial charge in [-0.25, -0.2) is 8.42 Å². The van der Waals surface area contributed by atoms with Crippen molar-refractivity contribution in [2.45, 2.75) is 46.7 Å². The Morgan fingerprint density at radius 3 is 2.24 bits per heavy atom. The first-order chi connectivity index (χ1) is 15.4. The number of carbonyl (C=O) groups excluding carboxylic acids is 2. The Morgan fingerprint density at radius 2 is 1.70 bits per heavy atom. The summed E-state index contributed by atoms with van der Waals surface area (Å²) in [7, 11) is -3.74. The van der Waals surface area contributed by atoms with Crippen molar-refractivity contribution in [3.05, 3.63) is 63.6 Å². The minimum Gasteiger partial charge on any atom is -0.354 e. The summed E-state index contributed by atoms with van der Waals surface area (Å²) in [4.78, 5) is 27.6. The zero-order chi connectivity index (χ0) is 24.8. The highest BCUT2D eigenvalue weighted by Crippen LogP contribution is 2.22. The molecule has 33 heavy (non-hydrogen) atoms. The lowest BCUT2D eigenvalue weighted by molar-refractivity contribution is -0.139. The van der Waals surface area contributed by atoms with Crippen molar-refractivity contribution in [3.8, 4) is 0 Å². The van der Waals surface area contributed by atoms with Crippen LogP contribution in [0.4, 0.5) is 5.69 Å². The van der Waals surface area contributed by atoms with E-state index in [1.807, 2.05) is 51.1 Å². The molecule has 2 aromatic rings. The zero-order valence-electron chi connectivity index (χ0n) is 19.8. The highest BCUT2D eigenvalue weighted by molar-refractivity contribution is 9.10. The maximum Gasteiger partial charge on any atom is 0.244 e. The van der Waals surface area contributed by atoms with Gasteiger partial charge < -0.3 is 10.2 Å². The monoisotopic (exact) mass is 537 g/mol. The number of nitrogens with zero attached hydrogens (tertiary/aromatic N) is 2. The van der Waals surface area contributed by atoms with Gasteiger partial charge in [-0.15, -0.1) is 0 Å². The molecule has 0 aliphatic heterocycles. The molecule has 0 aliphatic rings. The van der Waals surface area contributed by atoms with Gasteiger partial charge in [-0.2, -0.15) is 0 Å². The first-order valence-electron chi connectivity index (χ1n) is 10.8. The van der Waals surface area contributed by atoms with Crippen molar-refractivity contribution in [2.75, 3.05) is 23.7 Å². The quantitative estimate of drug-likeness (QED) is 0.499. The number of amides is 2. The molecule has 1 atom stereocenters. The van der Waals surface area contributed by atoms with Gasteiger partial charge in [-0.05, 0) is 68.1 Å². The smallest absolute Gasteiger partial charge is 0.244 e. The largest absolute Gasteiger partial charge is 0.354 e. The first kappa shape index (κ1) is 26.9. The fourth-order valence-corrected chi connectivity index (χ4v) is 4.37. The third-order valence-corrected chi connectivity index (χ3v) is 7.11. The van der Waals surface area contributed by atoms with Gasteiger partial charge in [-0.1, -0.05) is 41.1 Å². The van der Waals surface area contributed by atoms with Crippen molar-refractivity contribution in [1.82, 2.24) is 10.2 Å². The SMILES string of the molecule is CCCNC(=O)[C@@H](C)N(Cc1ccc(Br)cc1)C(=O)CN(c1ccc(C)c(C)c1)S(C)(=O)=O. The average molecular weight is 539 g/mol. The molecule has 0 unspecified atom stereocenters. The number of benzene rings is 2. The molecule has 0 spiro atoms. The van der Waals surface area contributed by atoms with E-state index in [4.69, 9.17) is 0 Å². The number of halogens is 1. The molecule has 1 N–H and O–H groups in total. The van der Waals surface area contributed by atoms with Crippen LogP contribution in [-0.4, -0.2) is 50.5 Å². The molecule has 0 bridgehead atoms. The van der Waals surface area contributed by atoms with Crippen LogP contribution in [0.25, 0.3) is 0 Å². The molecule has 0 fully saturated rings. The lowest BCUT2D eigenvalue weighted by atomic mass is 10.1. The Kier molecular flexibility index (Phi) is 9.48. The maximum absolute atomic E-state index is 13.4. The lowest BCUT2D eigenvalue weighted by Gasteiger charge is -2.31. The van der Waals surface area contributed by atoms with Crippen LogP contribution in [-0.2, 0) is 26.2 Å². The number of carbonyl (C=O) groups is 2. The molecule has 2 amide bonds. The number of nitrogens with one attached hydrogen (secondary N) is 1. The van der Waals surface area contributed by atoms with Gasteiger partial charge in [0.15, 0.2) is 0 Å². The van der Waals surface area contributed by atoms with Gasteiger partial charge in [0.25, 0.3) is 0 Å². The van der Waals surface area contributed by atoms with Crippen molar-refractivity contribution in [3.63, 3.8) is 0 Å². The zero-order valence-corrected chi connectivity index (χ0v) is 22.2. The first-order valence-corrected chi connectivity index (χ1v) is 13.4. The number of hydrogen-bond acceptors (Lipinski definition) is 4. The fourth-order valence-electron chi connectivity index (χ4n) is 3.26. The van der Waals surface area contributed by atoms with E-state index in [1.54, 1.807) is 19.1 Å². The molecule has 0 aliphatic carbocycles. The van der Waals surface area contributed by atoms with Crippen molar-refractivity contribution in [1.29, 1.82) is 0 Å². The second kappa shape index (κ2) is 11.7. The van der Waals surface area contributed by atoms with E-state index in [2.05, 4.69) is 21.2 Å². The minimum atomic E-state index is -3.74. The number of aryl methyl sites for hydroxylation is 2. The normalized spacial score (nSPS) is 12.2. The second-order valence-corrected chi connectivity index (χ2v) is 11.0. The molecule has 0 radical (unpaired) electrons. The van der Waals surface area contributed by atoms with E-state index in [-0.39, 0.29) is 12.5 Å². The topological polar surface area (TPSA) is 86.8 Å². The number of anilines is 1. The average Bonchev–Trinajstić information content (AvgIpc) is 2.76. The number of sulfonamides is 1. The molecule has 0 heterocycles. The van der Waals surface area contributed by atoms with Gasteiger partial charge in [-0.3, -0.25) is 13.9 Å². The summed E-state index contributed by atoms with van der Waals surface area (Å²) in [6.07, 6.45) is 1.85. The molecule has 9 heteroatoms. The van der Waals surface area contributed by atoms with Crippen molar-refractivity contribution < 1.29 is 18.0 Å². The molecule has 0 aromatic heterocycles. The Morgan fingerprint density at radius 1 is 1.06 bits per heavy atom. The molecule has 2 rings (SSSR count). The molecule has 2 aromatic carbocycles. The summed E-state index contributed by atoms with van der Waals surface area (Å²) in [6.45, 7) is 7.71. The minimum absolute atomic E-state index is 0.178. The third-order valence-electron chi connectivity index (χ3n) is 5.44. The molecule has 0 saturated heterocycles. The van der Waals surface area contributed by atoms with E-state index >= 15 is 0 Å². The fraction of sp³-hybridized carbons (Fsp3) is 0.417. The van der Waals surface area contributed by atoms with Crippen LogP contribution in [0.2, 0.25) is 0 Å². The van der Waals surface area contributed by atoms with Crippen LogP contribution in [0.1, 0.15) is 37.0 Å². The highest BCUT2D eigenvalue weighted by atomic mass is 79.9. The Hall–Kier alpha value is -2.39. The summed E-state index contributed by atoms with van der Waals surface area (Å²) >= 11 is 3.39. The van der Waals surface area contributed by atoms with Crippen LogP contribution in [0.15, 0.2) is 46.9 Å². The van der Waals surface area contributed by atoms with Crippen molar-refractivity contribution >= 4 is 43.5 Å². The van der Waals surface area contributed by atoms with E-state index in [9.17, 15) is 18.0 Å². The van der Waals surface area contributed by atoms with Crippen LogP contribution < -0.4 is 9.62 Å². The standard InChI is InChI=1S/C24H32BrN3O4S/c1-6-13-26-24(30)19(4)27(15-20-8-10-21(25)11-9-20)23(29)16-28(33(5,31)32)22-12-7-17(2)18(3)14-22/h7-12,14,19H,6,13,15-16H2,1-5H3,(H,26,30)/t19-/m1/s1. The van der Waals surface area contributed by atoms with E-state index < -0.39 is 28.5 Å². The summed E-state index contributed by atoms with van der Waals surface area (Å²) in [6, 6.07) is 11.9. The number of hydrogen-bond donors (Lipinski definition) is 1. The molecule has 0 saturated carbocycles. The van der Waals surface area contributed by atoms with E-state index in [1.165, 1.54) is 4.90 Å². The molecular weight excluding hydrogens is 506 g/mol. The predicted octanol–water partition coefficient (Wildman–Crippen LogP) is 3.78. The molecule has 180 valence electrons. The second-order valence-electron chi connectivity index (χ2n) is 8.15. The Labute approximate surface area is 205 Å². The van der Waals surface area contributed by atoms with Crippen LogP contribution in [0.3, 0.4) is 0 Å².